The molecule has 2 nitrogen and oxygen atoms in total. The van der Waals surface area contributed by atoms with Crippen LogP contribution in [0.25, 0.3) is 11.0 Å². The van der Waals surface area contributed by atoms with Gasteiger partial charge in [0, 0.05) is 23.1 Å². The van der Waals surface area contributed by atoms with Gasteiger partial charge in [0.05, 0.1) is 6.26 Å². The fraction of sp³-hybridized carbons (Fsp3) is 0.500. The monoisotopic (exact) mass is 245 g/mol. The summed E-state index contributed by atoms with van der Waals surface area (Å²) in [4.78, 5) is 0. The molecule has 0 saturated heterocycles. The van der Waals surface area contributed by atoms with E-state index < -0.39 is 0 Å². The molecule has 1 aromatic heterocycles. The first-order valence-electron chi connectivity index (χ1n) is 6.74. The Hall–Kier alpha value is -1.28. The van der Waals surface area contributed by atoms with Gasteiger partial charge in [0.1, 0.15) is 5.58 Å². The molecule has 2 rings (SSSR count). The summed E-state index contributed by atoms with van der Waals surface area (Å²) < 4.78 is 5.80. The second-order valence-corrected chi connectivity index (χ2v) is 5.87. The Kier molecular flexibility index (Phi) is 3.76. The molecule has 2 aromatic rings. The summed E-state index contributed by atoms with van der Waals surface area (Å²) in [6.07, 6.45) is 3.05. The molecule has 0 fully saturated rings. The highest BCUT2D eigenvalue weighted by Gasteiger charge is 2.19. The summed E-state index contributed by atoms with van der Waals surface area (Å²) in [6, 6.07) is 6.44. The number of hydrogen-bond donors (Lipinski definition) is 1. The molecule has 0 bridgehead atoms. The first-order chi connectivity index (χ1) is 8.54. The molecule has 0 aliphatic carbocycles. The first kappa shape index (κ1) is 13.2. The molecule has 0 atom stereocenters. The lowest BCUT2D eigenvalue weighted by molar-refractivity contribution is 0.555. The first-order valence-corrected chi connectivity index (χ1v) is 6.74. The fourth-order valence-electron chi connectivity index (χ4n) is 2.24. The van der Waals surface area contributed by atoms with E-state index in [4.69, 9.17) is 4.42 Å². The Labute approximate surface area is 109 Å². The molecule has 0 unspecified atom stereocenters. The van der Waals surface area contributed by atoms with Gasteiger partial charge in [0.2, 0.25) is 0 Å². The van der Waals surface area contributed by atoms with Gasteiger partial charge in [-0.25, -0.2) is 0 Å². The molecule has 2 heteroatoms. The van der Waals surface area contributed by atoms with Crippen molar-refractivity contribution in [3.05, 3.63) is 35.6 Å². The van der Waals surface area contributed by atoms with Gasteiger partial charge in [-0.2, -0.15) is 0 Å². The Bertz CT molecular complexity index is 519. The smallest absolute Gasteiger partial charge is 0.137 e. The van der Waals surface area contributed by atoms with Crippen LogP contribution in [0.5, 0.6) is 0 Å². The van der Waals surface area contributed by atoms with Gasteiger partial charge >= 0.3 is 0 Å². The Balaban J connectivity index is 2.36. The van der Waals surface area contributed by atoms with E-state index in [1.54, 1.807) is 0 Å². The second kappa shape index (κ2) is 5.15. The van der Waals surface area contributed by atoms with E-state index in [1.165, 1.54) is 16.5 Å². The van der Waals surface area contributed by atoms with E-state index in [2.05, 4.69) is 51.2 Å². The summed E-state index contributed by atoms with van der Waals surface area (Å²) in [5, 5.41) is 4.67. The van der Waals surface area contributed by atoms with Crippen molar-refractivity contribution in [2.75, 3.05) is 6.54 Å². The van der Waals surface area contributed by atoms with Crippen LogP contribution >= 0.6 is 0 Å². The van der Waals surface area contributed by atoms with Crippen LogP contribution < -0.4 is 5.32 Å². The van der Waals surface area contributed by atoms with Gasteiger partial charge < -0.3 is 9.73 Å². The Morgan fingerprint density at radius 3 is 2.67 bits per heavy atom. The van der Waals surface area contributed by atoms with Crippen molar-refractivity contribution in [3.63, 3.8) is 0 Å². The fourth-order valence-corrected chi connectivity index (χ4v) is 2.24. The van der Waals surface area contributed by atoms with Gasteiger partial charge in [-0.1, -0.05) is 45.9 Å². The summed E-state index contributed by atoms with van der Waals surface area (Å²) in [7, 11) is 0. The van der Waals surface area contributed by atoms with Crippen LogP contribution in [0.1, 0.15) is 45.2 Å². The SMILES string of the molecule is CCCNCc1coc2c(C(C)(C)C)cccc12. The van der Waals surface area contributed by atoms with E-state index in [1.807, 2.05) is 6.26 Å². The molecule has 0 aliphatic heterocycles. The topological polar surface area (TPSA) is 25.2 Å². The maximum Gasteiger partial charge on any atom is 0.137 e. The molecular formula is C16H23NO. The highest BCUT2D eigenvalue weighted by atomic mass is 16.3. The average Bonchev–Trinajstić information content (AvgIpc) is 2.71. The number of nitrogens with one attached hydrogen (secondary N) is 1. The van der Waals surface area contributed by atoms with Crippen molar-refractivity contribution in [1.29, 1.82) is 0 Å². The van der Waals surface area contributed by atoms with Crippen molar-refractivity contribution in [2.24, 2.45) is 0 Å². The second-order valence-electron chi connectivity index (χ2n) is 5.87. The molecule has 0 aliphatic rings. The van der Waals surface area contributed by atoms with Crippen molar-refractivity contribution in [2.45, 2.75) is 46.1 Å². The zero-order chi connectivity index (χ0) is 13.2. The van der Waals surface area contributed by atoms with Crippen molar-refractivity contribution in [3.8, 4) is 0 Å². The lowest BCUT2D eigenvalue weighted by atomic mass is 9.86. The zero-order valence-corrected chi connectivity index (χ0v) is 11.8. The van der Waals surface area contributed by atoms with E-state index >= 15 is 0 Å². The minimum absolute atomic E-state index is 0.117. The van der Waals surface area contributed by atoms with Crippen LogP contribution in [0, 0.1) is 0 Å². The van der Waals surface area contributed by atoms with E-state index in [0.29, 0.717) is 0 Å². The molecule has 98 valence electrons. The third-order valence-electron chi connectivity index (χ3n) is 3.23. The van der Waals surface area contributed by atoms with Crippen molar-refractivity contribution < 1.29 is 4.42 Å². The summed E-state index contributed by atoms with van der Waals surface area (Å²) in [5.74, 6) is 0. The summed E-state index contributed by atoms with van der Waals surface area (Å²) in [6.45, 7) is 10.8. The highest BCUT2D eigenvalue weighted by molar-refractivity contribution is 5.84. The van der Waals surface area contributed by atoms with Crippen LogP contribution in [-0.2, 0) is 12.0 Å². The average molecular weight is 245 g/mol. The Morgan fingerprint density at radius 1 is 1.22 bits per heavy atom. The third-order valence-corrected chi connectivity index (χ3v) is 3.23. The standard InChI is InChI=1S/C16H23NO/c1-5-9-17-10-12-11-18-15-13(12)7-6-8-14(15)16(2,3)4/h6-8,11,17H,5,9-10H2,1-4H3. The number of para-hydroxylation sites is 1. The van der Waals surface area contributed by atoms with E-state index in [9.17, 15) is 0 Å². The van der Waals surface area contributed by atoms with Crippen molar-refractivity contribution in [1.82, 2.24) is 5.32 Å². The quantitative estimate of drug-likeness (QED) is 0.815. The molecule has 18 heavy (non-hydrogen) atoms. The maximum absolute atomic E-state index is 5.80. The predicted octanol–water partition coefficient (Wildman–Crippen LogP) is 4.23. The molecule has 0 spiro atoms. The van der Waals surface area contributed by atoms with Gasteiger partial charge in [0.15, 0.2) is 0 Å². The molecule has 0 radical (unpaired) electrons. The normalized spacial score (nSPS) is 12.2. The Morgan fingerprint density at radius 2 is 2.00 bits per heavy atom. The highest BCUT2D eigenvalue weighted by Crippen LogP contribution is 2.32. The van der Waals surface area contributed by atoms with Gasteiger partial charge in [-0.05, 0) is 18.4 Å². The van der Waals surface area contributed by atoms with Crippen LogP contribution in [0.2, 0.25) is 0 Å². The third kappa shape index (κ3) is 2.59. The largest absolute Gasteiger partial charge is 0.464 e. The minimum atomic E-state index is 0.117. The molecule has 1 N–H and O–H groups in total. The zero-order valence-electron chi connectivity index (χ0n) is 11.8. The van der Waals surface area contributed by atoms with E-state index in [0.717, 1.165) is 25.1 Å². The van der Waals surface area contributed by atoms with Gasteiger partial charge in [0.25, 0.3) is 0 Å². The van der Waals surface area contributed by atoms with Crippen LogP contribution in [-0.4, -0.2) is 6.54 Å². The molecular weight excluding hydrogens is 222 g/mol. The number of benzene rings is 1. The number of fused-ring (bicyclic) bond motifs is 1. The van der Waals surface area contributed by atoms with Crippen LogP contribution in [0.15, 0.2) is 28.9 Å². The molecule has 0 saturated carbocycles. The molecule has 0 amide bonds. The lowest BCUT2D eigenvalue weighted by Crippen LogP contribution is -2.13. The number of rotatable bonds is 4. The van der Waals surface area contributed by atoms with Crippen LogP contribution in [0.4, 0.5) is 0 Å². The summed E-state index contributed by atoms with van der Waals surface area (Å²) in [5.41, 5.74) is 3.69. The van der Waals surface area contributed by atoms with Gasteiger partial charge in [-0.15, -0.1) is 0 Å². The number of furan rings is 1. The lowest BCUT2D eigenvalue weighted by Gasteiger charge is -2.18. The molecule has 1 aromatic carbocycles. The minimum Gasteiger partial charge on any atom is -0.464 e. The maximum atomic E-state index is 5.80. The van der Waals surface area contributed by atoms with Gasteiger partial charge in [-0.3, -0.25) is 0 Å². The van der Waals surface area contributed by atoms with Crippen LogP contribution in [0.3, 0.4) is 0 Å². The van der Waals surface area contributed by atoms with Crippen molar-refractivity contribution >= 4 is 11.0 Å². The van der Waals surface area contributed by atoms with E-state index in [-0.39, 0.29) is 5.41 Å². The predicted molar refractivity (Wildman–Crippen MR) is 76.9 cm³/mol. The molecule has 1 heterocycles. The summed E-state index contributed by atoms with van der Waals surface area (Å²) >= 11 is 0. The number of hydrogen-bond acceptors (Lipinski definition) is 2.